The van der Waals surface area contributed by atoms with E-state index < -0.39 is 0 Å². The molecule has 1 atom stereocenters. The molecule has 0 aromatic carbocycles. The summed E-state index contributed by atoms with van der Waals surface area (Å²) in [6, 6.07) is 0. The van der Waals surface area contributed by atoms with E-state index >= 15 is 0 Å². The Balaban J connectivity index is 1.98. The van der Waals surface area contributed by atoms with Gasteiger partial charge in [0.05, 0.1) is 6.20 Å². The Morgan fingerprint density at radius 2 is 2.56 bits per heavy atom. The molecule has 0 radical (unpaired) electrons. The number of hydrogen-bond acceptors (Lipinski definition) is 3. The van der Waals surface area contributed by atoms with Crippen LogP contribution >= 0.6 is 0 Å². The molecule has 1 fully saturated rings. The Morgan fingerprint density at radius 3 is 3.19 bits per heavy atom. The molecule has 0 bridgehead atoms. The fraction of sp³-hybridized carbons (Fsp3) is 0.636. The van der Waals surface area contributed by atoms with Gasteiger partial charge in [0, 0.05) is 31.8 Å². The Labute approximate surface area is 94.8 Å². The van der Waals surface area contributed by atoms with Crippen LogP contribution in [-0.4, -0.2) is 47.8 Å². The van der Waals surface area contributed by atoms with Crippen molar-refractivity contribution < 1.29 is 9.53 Å². The van der Waals surface area contributed by atoms with E-state index in [0.717, 1.165) is 25.2 Å². The second kappa shape index (κ2) is 4.65. The van der Waals surface area contributed by atoms with Crippen LogP contribution in [0, 0.1) is 6.92 Å². The average molecular weight is 223 g/mol. The van der Waals surface area contributed by atoms with Crippen LogP contribution < -0.4 is 0 Å². The number of amides is 1. The maximum absolute atomic E-state index is 11.6. The van der Waals surface area contributed by atoms with Crippen molar-refractivity contribution in [2.75, 3.05) is 26.8 Å². The van der Waals surface area contributed by atoms with E-state index in [1.165, 1.54) is 5.56 Å². The van der Waals surface area contributed by atoms with Gasteiger partial charge in [-0.2, -0.15) is 5.10 Å². The van der Waals surface area contributed by atoms with Gasteiger partial charge in [0.25, 0.3) is 0 Å². The molecule has 1 N–H and O–H groups in total. The van der Waals surface area contributed by atoms with Crippen LogP contribution in [0.1, 0.15) is 23.6 Å². The van der Waals surface area contributed by atoms with Crippen molar-refractivity contribution >= 4 is 5.91 Å². The largest absolute Gasteiger partial charge is 0.375 e. The van der Waals surface area contributed by atoms with E-state index in [2.05, 4.69) is 10.2 Å². The van der Waals surface area contributed by atoms with E-state index in [1.807, 2.05) is 18.0 Å². The fourth-order valence-electron chi connectivity index (χ4n) is 2.21. The summed E-state index contributed by atoms with van der Waals surface area (Å²) in [7, 11) is 1.55. The third-order valence-electron chi connectivity index (χ3n) is 3.09. The van der Waals surface area contributed by atoms with Crippen LogP contribution in [0.3, 0.4) is 0 Å². The quantitative estimate of drug-likeness (QED) is 0.819. The Hall–Kier alpha value is -1.36. The normalized spacial score (nSPS) is 20.4. The molecule has 2 heterocycles. The predicted molar refractivity (Wildman–Crippen MR) is 59.1 cm³/mol. The number of likely N-dealkylation sites (tertiary alicyclic amines) is 1. The third kappa shape index (κ3) is 2.09. The molecular weight excluding hydrogens is 206 g/mol. The van der Waals surface area contributed by atoms with Crippen molar-refractivity contribution in [1.82, 2.24) is 15.1 Å². The Kier molecular flexibility index (Phi) is 3.24. The molecule has 1 amide bonds. The number of carbonyl (C=O) groups excluding carboxylic acids is 1. The number of aromatic amines is 1. The van der Waals surface area contributed by atoms with Crippen LogP contribution in [-0.2, 0) is 9.53 Å². The third-order valence-corrected chi connectivity index (χ3v) is 3.09. The van der Waals surface area contributed by atoms with Gasteiger partial charge < -0.3 is 9.64 Å². The van der Waals surface area contributed by atoms with E-state index in [-0.39, 0.29) is 12.5 Å². The first-order chi connectivity index (χ1) is 7.72. The molecule has 0 saturated carbocycles. The van der Waals surface area contributed by atoms with E-state index in [9.17, 15) is 4.79 Å². The molecule has 1 aromatic rings. The molecule has 0 aliphatic carbocycles. The highest BCUT2D eigenvalue weighted by atomic mass is 16.5. The number of ether oxygens (including phenoxy) is 1. The lowest BCUT2D eigenvalue weighted by Gasteiger charge is -2.15. The molecule has 88 valence electrons. The summed E-state index contributed by atoms with van der Waals surface area (Å²) in [5.74, 6) is 0.463. The number of nitrogens with one attached hydrogen (secondary N) is 1. The first-order valence-electron chi connectivity index (χ1n) is 5.49. The molecule has 1 aliphatic rings. The zero-order valence-electron chi connectivity index (χ0n) is 9.69. The standard InChI is InChI=1S/C11H17N3O2/c1-8-5-12-13-11(8)9-3-4-14(6-9)10(15)7-16-2/h5,9H,3-4,6-7H2,1-2H3,(H,12,13)/t9-/m1/s1. The molecule has 5 heteroatoms. The molecule has 0 unspecified atom stereocenters. The topological polar surface area (TPSA) is 58.2 Å². The summed E-state index contributed by atoms with van der Waals surface area (Å²) in [6.07, 6.45) is 2.83. The van der Waals surface area contributed by atoms with Crippen molar-refractivity contribution in [3.05, 3.63) is 17.5 Å². The second-order valence-electron chi connectivity index (χ2n) is 4.23. The summed E-state index contributed by atoms with van der Waals surface area (Å²) in [4.78, 5) is 13.5. The number of rotatable bonds is 3. The Morgan fingerprint density at radius 1 is 1.75 bits per heavy atom. The van der Waals surface area contributed by atoms with E-state index in [0.29, 0.717) is 5.92 Å². The number of aromatic nitrogens is 2. The summed E-state index contributed by atoms with van der Waals surface area (Å²) in [5, 5.41) is 7.04. The van der Waals surface area contributed by atoms with Crippen molar-refractivity contribution in [2.45, 2.75) is 19.3 Å². The van der Waals surface area contributed by atoms with Gasteiger partial charge in [-0.3, -0.25) is 9.89 Å². The molecule has 2 rings (SSSR count). The highest BCUT2D eigenvalue weighted by Crippen LogP contribution is 2.27. The second-order valence-corrected chi connectivity index (χ2v) is 4.23. The molecule has 5 nitrogen and oxygen atoms in total. The number of methoxy groups -OCH3 is 1. The molecular formula is C11H17N3O2. The SMILES string of the molecule is COCC(=O)N1CC[C@@H](c2[nH]ncc2C)C1. The molecule has 16 heavy (non-hydrogen) atoms. The number of hydrogen-bond donors (Lipinski definition) is 1. The monoisotopic (exact) mass is 223 g/mol. The van der Waals surface area contributed by atoms with Crippen LogP contribution in [0.2, 0.25) is 0 Å². The Bertz CT molecular complexity index is 375. The lowest BCUT2D eigenvalue weighted by atomic mass is 10.0. The van der Waals surface area contributed by atoms with E-state index in [1.54, 1.807) is 7.11 Å². The summed E-state index contributed by atoms with van der Waals surface area (Å²) < 4.78 is 4.85. The minimum Gasteiger partial charge on any atom is -0.375 e. The van der Waals surface area contributed by atoms with Crippen LogP contribution in [0.25, 0.3) is 0 Å². The lowest BCUT2D eigenvalue weighted by molar-refractivity contribution is -0.134. The average Bonchev–Trinajstić information content (AvgIpc) is 2.86. The van der Waals surface area contributed by atoms with Crippen LogP contribution in [0.15, 0.2) is 6.20 Å². The highest BCUT2D eigenvalue weighted by molar-refractivity contribution is 5.77. The van der Waals surface area contributed by atoms with Crippen molar-refractivity contribution in [3.8, 4) is 0 Å². The molecule has 0 spiro atoms. The van der Waals surface area contributed by atoms with Gasteiger partial charge in [0.2, 0.25) is 5.91 Å². The summed E-state index contributed by atoms with van der Waals surface area (Å²) in [6.45, 7) is 3.80. The first kappa shape index (κ1) is 11.1. The van der Waals surface area contributed by atoms with Gasteiger partial charge in [-0.15, -0.1) is 0 Å². The minimum absolute atomic E-state index is 0.0715. The number of carbonyl (C=O) groups is 1. The predicted octanol–water partition coefficient (Wildman–Crippen LogP) is 0.680. The maximum Gasteiger partial charge on any atom is 0.248 e. The molecule has 1 saturated heterocycles. The van der Waals surface area contributed by atoms with Crippen molar-refractivity contribution in [2.24, 2.45) is 0 Å². The zero-order chi connectivity index (χ0) is 11.5. The van der Waals surface area contributed by atoms with Crippen molar-refractivity contribution in [3.63, 3.8) is 0 Å². The summed E-state index contributed by atoms with van der Waals surface area (Å²) >= 11 is 0. The van der Waals surface area contributed by atoms with Gasteiger partial charge in [-0.05, 0) is 18.9 Å². The van der Waals surface area contributed by atoms with Crippen LogP contribution in [0.4, 0.5) is 0 Å². The lowest BCUT2D eigenvalue weighted by Crippen LogP contribution is -2.31. The maximum atomic E-state index is 11.6. The van der Waals surface area contributed by atoms with Gasteiger partial charge in [0.15, 0.2) is 0 Å². The highest BCUT2D eigenvalue weighted by Gasteiger charge is 2.28. The first-order valence-corrected chi connectivity index (χ1v) is 5.49. The van der Waals surface area contributed by atoms with Gasteiger partial charge in [-0.25, -0.2) is 0 Å². The zero-order valence-corrected chi connectivity index (χ0v) is 9.69. The van der Waals surface area contributed by atoms with Gasteiger partial charge >= 0.3 is 0 Å². The number of nitrogens with zero attached hydrogens (tertiary/aromatic N) is 2. The van der Waals surface area contributed by atoms with Gasteiger partial charge in [0.1, 0.15) is 6.61 Å². The summed E-state index contributed by atoms with van der Waals surface area (Å²) in [5.41, 5.74) is 2.33. The number of aryl methyl sites for hydroxylation is 1. The van der Waals surface area contributed by atoms with Gasteiger partial charge in [-0.1, -0.05) is 0 Å². The van der Waals surface area contributed by atoms with E-state index in [4.69, 9.17) is 4.74 Å². The van der Waals surface area contributed by atoms with Crippen LogP contribution in [0.5, 0.6) is 0 Å². The number of H-pyrrole nitrogens is 1. The fourth-order valence-corrected chi connectivity index (χ4v) is 2.21. The van der Waals surface area contributed by atoms with Crippen molar-refractivity contribution in [1.29, 1.82) is 0 Å². The molecule has 1 aliphatic heterocycles. The molecule has 1 aromatic heterocycles. The smallest absolute Gasteiger partial charge is 0.248 e. The minimum atomic E-state index is 0.0715.